The summed E-state index contributed by atoms with van der Waals surface area (Å²) in [5.41, 5.74) is 2.56. The smallest absolute Gasteiger partial charge is 0.229 e. The third-order valence-electron chi connectivity index (χ3n) is 4.48. The van der Waals surface area contributed by atoms with E-state index in [9.17, 15) is 9.50 Å². The van der Waals surface area contributed by atoms with Crippen LogP contribution < -0.4 is 4.74 Å². The number of hydrogen-bond acceptors (Lipinski definition) is 5. The molecule has 0 bridgehead atoms. The first kappa shape index (κ1) is 19.9. The van der Waals surface area contributed by atoms with Crippen molar-refractivity contribution in [3.63, 3.8) is 0 Å². The molecule has 0 spiro atoms. The number of rotatable bonds is 5. The highest BCUT2D eigenvalue weighted by molar-refractivity contribution is 5.85. The lowest BCUT2D eigenvalue weighted by atomic mass is 10.2. The molecule has 146 valence electrons. The minimum atomic E-state index is -0.437. The third-order valence-corrected chi connectivity index (χ3v) is 4.48. The molecule has 0 unspecified atom stereocenters. The van der Waals surface area contributed by atoms with E-state index in [1.165, 1.54) is 13.2 Å². The maximum Gasteiger partial charge on any atom is 0.229 e. The topological polar surface area (TPSA) is 73.3 Å². The molecule has 4 rings (SSSR count). The molecule has 4 aromatic rings. The Morgan fingerprint density at radius 3 is 2.71 bits per heavy atom. The standard InChI is InChI=1S/C20H18FN3O3.ClH/c1-12-17(10-24-18-6-4-3-5-16(18)22-19(24)11-25)23-20(27-12)14-9-13(26-2)7-8-15(14)21;/h3-9,25H,10-11H2,1-2H3;1H. The number of benzene rings is 2. The molecule has 0 saturated heterocycles. The van der Waals surface area contributed by atoms with Gasteiger partial charge in [0.1, 0.15) is 35.5 Å². The Bertz CT molecular complexity index is 1120. The van der Waals surface area contributed by atoms with Crippen molar-refractivity contribution < 1.29 is 18.7 Å². The lowest BCUT2D eigenvalue weighted by Gasteiger charge is -2.06. The van der Waals surface area contributed by atoms with E-state index in [1.807, 2.05) is 28.8 Å². The third kappa shape index (κ3) is 3.46. The second kappa shape index (κ2) is 8.00. The first-order valence-corrected chi connectivity index (χ1v) is 8.46. The zero-order valence-corrected chi connectivity index (χ0v) is 16.2. The highest BCUT2D eigenvalue weighted by atomic mass is 35.5. The monoisotopic (exact) mass is 403 g/mol. The van der Waals surface area contributed by atoms with Crippen molar-refractivity contribution in [2.45, 2.75) is 20.1 Å². The van der Waals surface area contributed by atoms with Gasteiger partial charge in [-0.1, -0.05) is 12.1 Å². The molecular weight excluding hydrogens is 385 g/mol. The summed E-state index contributed by atoms with van der Waals surface area (Å²) >= 11 is 0. The van der Waals surface area contributed by atoms with Crippen LogP contribution in [0.15, 0.2) is 46.9 Å². The van der Waals surface area contributed by atoms with E-state index >= 15 is 0 Å². The number of imidazole rings is 1. The van der Waals surface area contributed by atoms with Crippen molar-refractivity contribution >= 4 is 23.4 Å². The average Bonchev–Trinajstić information content (AvgIpc) is 3.23. The van der Waals surface area contributed by atoms with E-state index in [1.54, 1.807) is 19.1 Å². The summed E-state index contributed by atoms with van der Waals surface area (Å²) in [6.45, 7) is 1.95. The molecule has 6 nitrogen and oxygen atoms in total. The Morgan fingerprint density at radius 2 is 1.96 bits per heavy atom. The highest BCUT2D eigenvalue weighted by Crippen LogP contribution is 2.29. The van der Waals surface area contributed by atoms with E-state index in [0.29, 0.717) is 29.6 Å². The summed E-state index contributed by atoms with van der Waals surface area (Å²) in [6.07, 6.45) is 0. The van der Waals surface area contributed by atoms with Gasteiger partial charge < -0.3 is 18.8 Å². The SMILES string of the molecule is COc1ccc(F)c(-c2nc(Cn3c(CO)nc4ccccc43)c(C)o2)c1.Cl. The van der Waals surface area contributed by atoms with Crippen LogP contribution in [0.25, 0.3) is 22.5 Å². The number of fused-ring (bicyclic) bond motifs is 1. The zero-order chi connectivity index (χ0) is 19.0. The molecule has 2 aromatic heterocycles. The number of aromatic nitrogens is 3. The maximum atomic E-state index is 14.2. The van der Waals surface area contributed by atoms with Crippen molar-refractivity contribution in [1.29, 1.82) is 0 Å². The van der Waals surface area contributed by atoms with Gasteiger partial charge >= 0.3 is 0 Å². The number of aliphatic hydroxyl groups excluding tert-OH is 1. The Labute approximate surface area is 167 Å². The van der Waals surface area contributed by atoms with Gasteiger partial charge in [-0.2, -0.15) is 0 Å². The van der Waals surface area contributed by atoms with Gasteiger partial charge in [0, 0.05) is 0 Å². The first-order chi connectivity index (χ1) is 13.1. The van der Waals surface area contributed by atoms with E-state index < -0.39 is 5.82 Å². The number of ether oxygens (including phenoxy) is 1. The molecule has 0 fully saturated rings. The van der Waals surface area contributed by atoms with Crippen molar-refractivity contribution in [3.8, 4) is 17.2 Å². The zero-order valence-electron chi connectivity index (χ0n) is 15.3. The number of methoxy groups -OCH3 is 1. The molecule has 0 atom stereocenters. The van der Waals surface area contributed by atoms with Gasteiger partial charge in [0.25, 0.3) is 0 Å². The van der Waals surface area contributed by atoms with Gasteiger partial charge in [-0.05, 0) is 37.3 Å². The number of para-hydroxylation sites is 2. The fourth-order valence-electron chi connectivity index (χ4n) is 3.06. The largest absolute Gasteiger partial charge is 0.497 e. The number of oxazole rings is 1. The molecule has 0 aliphatic rings. The molecule has 0 aliphatic heterocycles. The van der Waals surface area contributed by atoms with Gasteiger partial charge in [0.2, 0.25) is 5.89 Å². The van der Waals surface area contributed by atoms with Gasteiger partial charge in [0.05, 0.1) is 30.3 Å². The molecule has 0 aliphatic carbocycles. The first-order valence-electron chi connectivity index (χ1n) is 8.46. The van der Waals surface area contributed by atoms with Crippen LogP contribution in [0.4, 0.5) is 4.39 Å². The summed E-state index contributed by atoms with van der Waals surface area (Å²) < 4.78 is 27.0. The summed E-state index contributed by atoms with van der Waals surface area (Å²) in [7, 11) is 1.52. The predicted octanol–water partition coefficient (Wildman–Crippen LogP) is 4.11. The second-order valence-corrected chi connectivity index (χ2v) is 6.13. The van der Waals surface area contributed by atoms with Crippen molar-refractivity contribution in [1.82, 2.24) is 14.5 Å². The highest BCUT2D eigenvalue weighted by Gasteiger charge is 2.18. The molecule has 1 N–H and O–H groups in total. The second-order valence-electron chi connectivity index (χ2n) is 6.13. The van der Waals surface area contributed by atoms with Crippen molar-refractivity contribution in [2.75, 3.05) is 7.11 Å². The molecule has 2 heterocycles. The van der Waals surface area contributed by atoms with E-state index in [0.717, 1.165) is 11.0 Å². The summed E-state index contributed by atoms with van der Waals surface area (Å²) in [5.74, 6) is 1.38. The van der Waals surface area contributed by atoms with Crippen molar-refractivity contribution in [2.24, 2.45) is 0 Å². The quantitative estimate of drug-likeness (QED) is 0.543. The summed E-state index contributed by atoms with van der Waals surface area (Å²) in [6, 6.07) is 12.0. The van der Waals surface area contributed by atoms with Gasteiger partial charge in [-0.25, -0.2) is 14.4 Å². The van der Waals surface area contributed by atoms with Crippen LogP contribution >= 0.6 is 12.4 Å². The molecule has 2 aromatic carbocycles. The Kier molecular flexibility index (Phi) is 5.67. The van der Waals surface area contributed by atoms with Gasteiger partial charge in [0.15, 0.2) is 0 Å². The molecule has 0 amide bonds. The maximum absolute atomic E-state index is 14.2. The van der Waals surface area contributed by atoms with Gasteiger partial charge in [-0.15, -0.1) is 12.4 Å². The minimum Gasteiger partial charge on any atom is -0.497 e. The van der Waals surface area contributed by atoms with E-state index in [4.69, 9.17) is 9.15 Å². The van der Waals surface area contributed by atoms with Crippen LogP contribution in [0.1, 0.15) is 17.3 Å². The Morgan fingerprint density at radius 1 is 1.18 bits per heavy atom. The van der Waals surface area contributed by atoms with Crippen LogP contribution in [-0.2, 0) is 13.2 Å². The average molecular weight is 404 g/mol. The van der Waals surface area contributed by atoms with Crippen LogP contribution in [0.3, 0.4) is 0 Å². The Hall–Kier alpha value is -2.90. The fraction of sp³-hybridized carbons (Fsp3) is 0.200. The Balaban J connectivity index is 0.00000225. The minimum absolute atomic E-state index is 0. The number of nitrogens with zero attached hydrogens (tertiary/aromatic N) is 3. The molecule has 8 heteroatoms. The summed E-state index contributed by atoms with van der Waals surface area (Å²) in [5, 5.41) is 9.65. The van der Waals surface area contributed by atoms with Crippen LogP contribution in [0, 0.1) is 12.7 Å². The lowest BCUT2D eigenvalue weighted by Crippen LogP contribution is -2.06. The fourth-order valence-corrected chi connectivity index (χ4v) is 3.06. The van der Waals surface area contributed by atoms with Crippen molar-refractivity contribution in [3.05, 3.63) is 65.6 Å². The van der Waals surface area contributed by atoms with Gasteiger partial charge in [-0.3, -0.25) is 0 Å². The molecule has 28 heavy (non-hydrogen) atoms. The summed E-state index contributed by atoms with van der Waals surface area (Å²) in [4.78, 5) is 8.92. The molecule has 0 radical (unpaired) electrons. The number of halogens is 2. The van der Waals surface area contributed by atoms with Crippen LogP contribution in [0.5, 0.6) is 5.75 Å². The number of aliphatic hydroxyl groups is 1. The predicted molar refractivity (Wildman–Crippen MR) is 105 cm³/mol. The lowest BCUT2D eigenvalue weighted by molar-refractivity contribution is 0.266. The van der Waals surface area contributed by atoms with Crippen LogP contribution in [0.2, 0.25) is 0 Å². The normalized spacial score (nSPS) is 10.9. The number of aryl methyl sites for hydroxylation is 1. The van der Waals surface area contributed by atoms with E-state index in [-0.39, 0.29) is 30.5 Å². The number of hydrogen-bond donors (Lipinski definition) is 1. The molecular formula is C20H19ClFN3O3. The van der Waals surface area contributed by atoms with E-state index in [2.05, 4.69) is 9.97 Å². The molecule has 0 saturated carbocycles. The van der Waals surface area contributed by atoms with Crippen LogP contribution in [-0.4, -0.2) is 26.8 Å².